The molecule has 5 aromatic rings. The van der Waals surface area contributed by atoms with Crippen LogP contribution >= 0.6 is 0 Å². The van der Waals surface area contributed by atoms with Gasteiger partial charge in [0.1, 0.15) is 12.2 Å². The van der Waals surface area contributed by atoms with E-state index in [2.05, 4.69) is 15.5 Å². The molecule has 0 bridgehead atoms. The zero-order valence-electron chi connectivity index (χ0n) is 30.2. The SMILES string of the molecule is Cn1c(=O)n(C2CCC(=O)NC2=O)c2cccc([C@@H]3CCN(CC4CCC(n5cc6cc(NC(=O)c7cccc(C(F)(F)F)c7)ccc6n5)CC4)C[C@H]3F)c21. The first kappa shape index (κ1) is 36.7. The number of likely N-dealkylation sites (tertiary alicyclic amines) is 1. The molecule has 8 rings (SSSR count). The Balaban J connectivity index is 0.872. The molecule has 2 aliphatic heterocycles. The number of benzene rings is 3. The van der Waals surface area contributed by atoms with E-state index >= 15 is 4.39 Å². The van der Waals surface area contributed by atoms with E-state index in [9.17, 15) is 32.3 Å². The molecule has 1 unspecified atom stereocenters. The Morgan fingerprint density at radius 2 is 1.75 bits per heavy atom. The van der Waals surface area contributed by atoms with E-state index in [0.717, 1.165) is 67.4 Å². The van der Waals surface area contributed by atoms with Gasteiger partial charge in [-0.1, -0.05) is 18.2 Å². The summed E-state index contributed by atoms with van der Waals surface area (Å²) in [4.78, 5) is 52.8. The van der Waals surface area contributed by atoms with E-state index in [4.69, 9.17) is 5.10 Å². The second-order valence-corrected chi connectivity index (χ2v) is 15.2. The third kappa shape index (κ3) is 7.17. The van der Waals surface area contributed by atoms with Gasteiger partial charge in [-0.2, -0.15) is 18.3 Å². The number of amides is 3. The zero-order valence-corrected chi connectivity index (χ0v) is 30.2. The van der Waals surface area contributed by atoms with Crippen LogP contribution in [0.3, 0.4) is 0 Å². The number of aryl methyl sites for hydroxylation is 1. The number of imide groups is 1. The van der Waals surface area contributed by atoms with E-state index in [0.29, 0.717) is 35.6 Å². The molecule has 0 spiro atoms. The number of para-hydroxylation sites is 1. The largest absolute Gasteiger partial charge is 0.416 e. The number of fused-ring (bicyclic) bond motifs is 2. The minimum absolute atomic E-state index is 0.0845. The van der Waals surface area contributed by atoms with Crippen molar-refractivity contribution < 1.29 is 31.9 Å². The van der Waals surface area contributed by atoms with Gasteiger partial charge in [0.05, 0.1) is 28.2 Å². The number of rotatable bonds is 7. The van der Waals surface area contributed by atoms with Crippen LogP contribution in [-0.2, 0) is 22.8 Å². The normalized spacial score (nSPS) is 24.0. The average Bonchev–Trinajstić information content (AvgIpc) is 3.69. The van der Waals surface area contributed by atoms with Gasteiger partial charge < -0.3 is 10.2 Å². The fraction of sp³-hybridized carbons (Fsp3) is 0.425. The summed E-state index contributed by atoms with van der Waals surface area (Å²) < 4.78 is 60.4. The number of halogens is 4. The second kappa shape index (κ2) is 14.4. The van der Waals surface area contributed by atoms with Crippen molar-refractivity contribution >= 4 is 45.3 Å². The number of anilines is 1. The summed E-state index contributed by atoms with van der Waals surface area (Å²) in [5, 5.41) is 10.6. The number of hydrogen-bond donors (Lipinski definition) is 2. The van der Waals surface area contributed by atoms with E-state index in [1.807, 2.05) is 16.9 Å². The van der Waals surface area contributed by atoms with Crippen molar-refractivity contribution in [2.45, 2.75) is 75.3 Å². The van der Waals surface area contributed by atoms with Crippen LogP contribution in [0.4, 0.5) is 23.2 Å². The molecule has 3 atom stereocenters. The van der Waals surface area contributed by atoms with Gasteiger partial charge in [-0.25, -0.2) is 9.18 Å². The second-order valence-electron chi connectivity index (χ2n) is 15.2. The number of aromatic nitrogens is 4. The summed E-state index contributed by atoms with van der Waals surface area (Å²) in [5.74, 6) is -1.48. The van der Waals surface area contributed by atoms with Gasteiger partial charge in [-0.15, -0.1) is 0 Å². The number of carbonyl (C=O) groups excluding carboxylic acids is 3. The lowest BCUT2D eigenvalue weighted by Gasteiger charge is -2.38. The van der Waals surface area contributed by atoms with Crippen LogP contribution in [0.25, 0.3) is 21.9 Å². The van der Waals surface area contributed by atoms with Crippen LogP contribution in [0.5, 0.6) is 0 Å². The van der Waals surface area contributed by atoms with E-state index < -0.39 is 41.7 Å². The molecule has 3 aromatic carbocycles. The number of alkyl halides is 4. The number of nitrogens with one attached hydrogen (secondary N) is 2. The zero-order chi connectivity index (χ0) is 38.6. The summed E-state index contributed by atoms with van der Waals surface area (Å²) in [6.45, 7) is 1.81. The van der Waals surface area contributed by atoms with Gasteiger partial charge in [-0.3, -0.25) is 33.5 Å². The lowest BCUT2D eigenvalue weighted by Crippen LogP contribution is -2.44. The van der Waals surface area contributed by atoms with Crippen LogP contribution in [0.1, 0.15) is 84.4 Å². The highest BCUT2D eigenvalue weighted by molar-refractivity contribution is 6.05. The highest BCUT2D eigenvalue weighted by Crippen LogP contribution is 2.38. The molecule has 15 heteroatoms. The quantitative estimate of drug-likeness (QED) is 0.144. The third-order valence-corrected chi connectivity index (χ3v) is 11.6. The average molecular weight is 760 g/mol. The fourth-order valence-electron chi connectivity index (χ4n) is 8.79. The Bertz CT molecular complexity index is 2360. The first-order valence-corrected chi connectivity index (χ1v) is 18.7. The van der Waals surface area contributed by atoms with Gasteiger partial charge in [0.15, 0.2) is 0 Å². The van der Waals surface area contributed by atoms with Gasteiger partial charge >= 0.3 is 11.9 Å². The van der Waals surface area contributed by atoms with Gasteiger partial charge in [-0.05, 0) is 99.0 Å². The minimum Gasteiger partial charge on any atom is -0.322 e. The Hall–Kier alpha value is -5.31. The molecular formula is C40H41F4N7O4. The van der Waals surface area contributed by atoms with Crippen LogP contribution in [0.15, 0.2) is 71.7 Å². The fourth-order valence-corrected chi connectivity index (χ4v) is 8.79. The summed E-state index contributed by atoms with van der Waals surface area (Å²) in [5.41, 5.74) is 1.82. The molecule has 2 saturated heterocycles. The molecular weight excluding hydrogens is 718 g/mol. The topological polar surface area (TPSA) is 123 Å². The molecule has 3 amide bonds. The maximum Gasteiger partial charge on any atom is 0.416 e. The Kier molecular flexibility index (Phi) is 9.60. The number of imidazole rings is 1. The smallest absolute Gasteiger partial charge is 0.322 e. The number of carbonyl (C=O) groups is 3. The maximum absolute atomic E-state index is 16.1. The Labute approximate surface area is 313 Å². The van der Waals surface area contributed by atoms with E-state index in [-0.39, 0.29) is 36.0 Å². The lowest BCUT2D eigenvalue weighted by molar-refractivity contribution is -0.138. The van der Waals surface area contributed by atoms with E-state index in [1.54, 1.807) is 37.4 Å². The predicted octanol–water partition coefficient (Wildman–Crippen LogP) is 6.50. The van der Waals surface area contributed by atoms with Crippen molar-refractivity contribution in [2.24, 2.45) is 13.0 Å². The molecule has 1 saturated carbocycles. The summed E-state index contributed by atoms with van der Waals surface area (Å²) >= 11 is 0. The molecule has 3 fully saturated rings. The van der Waals surface area contributed by atoms with Crippen LogP contribution in [0.2, 0.25) is 0 Å². The molecule has 55 heavy (non-hydrogen) atoms. The van der Waals surface area contributed by atoms with Crippen molar-refractivity contribution in [1.29, 1.82) is 0 Å². The first-order chi connectivity index (χ1) is 26.3. The molecule has 4 heterocycles. The van der Waals surface area contributed by atoms with Crippen molar-refractivity contribution in [3.05, 3.63) is 94.0 Å². The monoisotopic (exact) mass is 759 g/mol. The van der Waals surface area contributed by atoms with Crippen LogP contribution in [-0.4, -0.2) is 67.3 Å². The highest BCUT2D eigenvalue weighted by Gasteiger charge is 2.36. The van der Waals surface area contributed by atoms with Crippen molar-refractivity contribution in [1.82, 2.24) is 29.1 Å². The molecule has 0 radical (unpaired) electrons. The lowest BCUT2D eigenvalue weighted by atomic mass is 9.83. The van der Waals surface area contributed by atoms with Crippen molar-refractivity contribution in [2.75, 3.05) is 25.0 Å². The van der Waals surface area contributed by atoms with Crippen molar-refractivity contribution in [3.63, 3.8) is 0 Å². The van der Waals surface area contributed by atoms with Gasteiger partial charge in [0.2, 0.25) is 11.8 Å². The number of piperidine rings is 2. The van der Waals surface area contributed by atoms with Crippen LogP contribution < -0.4 is 16.3 Å². The van der Waals surface area contributed by atoms with Gasteiger partial charge in [0.25, 0.3) is 5.91 Å². The molecule has 1 aliphatic carbocycles. The standard InChI is InChI=1S/C40H41F4N7O4/c1-48-36-30(6-3-7-33(36)51(39(48)55)34-14-15-35(52)46-38(34)54)29-16-17-49(22-31(29)41)20-23-8-11-28(12-9-23)50-21-25-19-27(10-13-32(25)47-50)45-37(53)24-4-2-5-26(18-24)40(42,43)44/h2-7,10,13,18-19,21,23,28-29,31,34H,8-9,11-12,14-17,20,22H2,1H3,(H,45,53)(H,46,52,54)/t23?,28?,29-,31+,34?/m0/s1. The van der Waals surface area contributed by atoms with E-state index in [1.165, 1.54) is 21.3 Å². The number of nitrogens with zero attached hydrogens (tertiary/aromatic N) is 5. The van der Waals surface area contributed by atoms with Gasteiger partial charge in [0, 0.05) is 55.3 Å². The predicted molar refractivity (Wildman–Crippen MR) is 197 cm³/mol. The molecule has 3 aliphatic rings. The first-order valence-electron chi connectivity index (χ1n) is 18.7. The molecule has 2 N–H and O–H groups in total. The summed E-state index contributed by atoms with van der Waals surface area (Å²) in [7, 11) is 1.64. The minimum atomic E-state index is -4.54. The summed E-state index contributed by atoms with van der Waals surface area (Å²) in [6, 6.07) is 14.4. The summed E-state index contributed by atoms with van der Waals surface area (Å²) in [6.07, 6.45) is 0.978. The molecule has 288 valence electrons. The maximum atomic E-state index is 16.1. The van der Waals surface area contributed by atoms with Crippen LogP contribution in [0, 0.1) is 5.92 Å². The molecule has 2 aromatic heterocycles. The highest BCUT2D eigenvalue weighted by atomic mass is 19.4. The van der Waals surface area contributed by atoms with Crippen molar-refractivity contribution in [3.8, 4) is 0 Å². The Morgan fingerprint density at radius 1 is 0.964 bits per heavy atom. The third-order valence-electron chi connectivity index (χ3n) is 11.6. The molecule has 11 nitrogen and oxygen atoms in total. The number of hydrogen-bond acceptors (Lipinski definition) is 6. The Morgan fingerprint density at radius 3 is 2.49 bits per heavy atom.